The minimum Gasteiger partial charge on any atom is -0.355 e. The zero-order valence-corrected chi connectivity index (χ0v) is 11.3. The summed E-state index contributed by atoms with van der Waals surface area (Å²) < 4.78 is 0. The number of carbonyl (C=O) groups is 1. The van der Waals surface area contributed by atoms with Gasteiger partial charge < -0.3 is 5.32 Å². The molecule has 0 heterocycles. The van der Waals surface area contributed by atoms with Crippen LogP contribution in [0.4, 0.5) is 0 Å². The van der Waals surface area contributed by atoms with E-state index in [1.807, 2.05) is 11.8 Å². The third kappa shape index (κ3) is 11.7. The second-order valence-corrected chi connectivity index (χ2v) is 6.24. The molecule has 0 aliphatic carbocycles. The van der Waals surface area contributed by atoms with Gasteiger partial charge in [-0.15, -0.1) is 0 Å². The van der Waals surface area contributed by atoms with Gasteiger partial charge in [-0.2, -0.15) is 11.8 Å². The van der Waals surface area contributed by atoms with E-state index in [1.54, 1.807) is 0 Å². The minimum atomic E-state index is 0.208. The van der Waals surface area contributed by atoms with Gasteiger partial charge in [-0.1, -0.05) is 34.1 Å². The quantitative estimate of drug-likeness (QED) is 0.650. The summed E-state index contributed by atoms with van der Waals surface area (Å²) in [7, 11) is 0. The normalized spacial score (nSPS) is 11.1. The molecule has 90 valence electrons. The van der Waals surface area contributed by atoms with Crippen LogP contribution in [0.5, 0.6) is 0 Å². The first-order chi connectivity index (χ1) is 7.02. The van der Waals surface area contributed by atoms with Crippen LogP contribution in [0.1, 0.15) is 47.0 Å². The zero-order chi connectivity index (χ0) is 11.7. The molecule has 1 amide bonds. The molecule has 3 heteroatoms. The van der Waals surface area contributed by atoms with Crippen LogP contribution in [0.15, 0.2) is 0 Å². The first kappa shape index (κ1) is 14.8. The molecule has 0 aromatic heterocycles. The van der Waals surface area contributed by atoms with E-state index >= 15 is 0 Å². The fourth-order valence-corrected chi connectivity index (χ4v) is 1.94. The van der Waals surface area contributed by atoms with E-state index < -0.39 is 0 Å². The summed E-state index contributed by atoms with van der Waals surface area (Å²) in [5.74, 6) is 1.93. The van der Waals surface area contributed by atoms with Gasteiger partial charge >= 0.3 is 0 Å². The Morgan fingerprint density at radius 3 is 2.47 bits per heavy atom. The molecule has 2 nitrogen and oxygen atoms in total. The summed E-state index contributed by atoms with van der Waals surface area (Å²) in [5, 5.41) is 3.61. The average Bonchev–Trinajstić information content (AvgIpc) is 2.11. The van der Waals surface area contributed by atoms with Crippen molar-refractivity contribution < 1.29 is 4.79 Å². The maximum atomic E-state index is 11.3. The SMILES string of the molecule is CC(C)CCCC(=O)NCCSC(C)C. The third-order valence-corrected chi connectivity index (χ3v) is 3.17. The van der Waals surface area contributed by atoms with E-state index in [0.29, 0.717) is 17.6 Å². The smallest absolute Gasteiger partial charge is 0.220 e. The van der Waals surface area contributed by atoms with Crippen LogP contribution in [-0.4, -0.2) is 23.5 Å². The van der Waals surface area contributed by atoms with Crippen molar-refractivity contribution in [3.8, 4) is 0 Å². The van der Waals surface area contributed by atoms with Crippen molar-refractivity contribution in [2.75, 3.05) is 12.3 Å². The van der Waals surface area contributed by atoms with Crippen LogP contribution >= 0.6 is 11.8 Å². The highest BCUT2D eigenvalue weighted by Crippen LogP contribution is 2.08. The van der Waals surface area contributed by atoms with Crippen molar-refractivity contribution in [2.24, 2.45) is 5.92 Å². The van der Waals surface area contributed by atoms with Gasteiger partial charge in [-0.25, -0.2) is 0 Å². The fraction of sp³-hybridized carbons (Fsp3) is 0.917. The van der Waals surface area contributed by atoms with Gasteiger partial charge in [0, 0.05) is 18.7 Å². The van der Waals surface area contributed by atoms with Crippen LogP contribution in [0, 0.1) is 5.92 Å². The van der Waals surface area contributed by atoms with Gasteiger partial charge in [0.15, 0.2) is 0 Å². The predicted molar refractivity (Wildman–Crippen MR) is 69.3 cm³/mol. The molecule has 15 heavy (non-hydrogen) atoms. The third-order valence-electron chi connectivity index (χ3n) is 2.06. The number of thioether (sulfide) groups is 1. The molecule has 0 radical (unpaired) electrons. The lowest BCUT2D eigenvalue weighted by atomic mass is 10.1. The average molecular weight is 231 g/mol. The Kier molecular flexibility index (Phi) is 8.97. The molecule has 0 rings (SSSR count). The van der Waals surface area contributed by atoms with Crippen molar-refractivity contribution in [1.82, 2.24) is 5.32 Å². The van der Waals surface area contributed by atoms with E-state index in [-0.39, 0.29) is 5.91 Å². The molecule has 0 saturated carbocycles. The van der Waals surface area contributed by atoms with Crippen LogP contribution < -0.4 is 5.32 Å². The van der Waals surface area contributed by atoms with Crippen molar-refractivity contribution in [3.63, 3.8) is 0 Å². The second-order valence-electron chi connectivity index (χ2n) is 4.56. The molecular formula is C12H25NOS. The van der Waals surface area contributed by atoms with Gasteiger partial charge in [0.2, 0.25) is 5.91 Å². The van der Waals surface area contributed by atoms with Gasteiger partial charge in [0.1, 0.15) is 0 Å². The summed E-state index contributed by atoms with van der Waals surface area (Å²) in [6, 6.07) is 0. The maximum Gasteiger partial charge on any atom is 0.220 e. The predicted octanol–water partition coefficient (Wildman–Crippen LogP) is 3.07. The van der Waals surface area contributed by atoms with E-state index in [2.05, 4.69) is 33.0 Å². The number of rotatable bonds is 8. The molecule has 0 aliphatic heterocycles. The standard InChI is InChI=1S/C12H25NOS/c1-10(2)6-5-7-12(14)13-8-9-15-11(3)4/h10-11H,5-9H2,1-4H3,(H,13,14). The van der Waals surface area contributed by atoms with Crippen LogP contribution in [-0.2, 0) is 4.79 Å². The number of hydrogen-bond donors (Lipinski definition) is 1. The van der Waals surface area contributed by atoms with E-state index in [4.69, 9.17) is 0 Å². The number of hydrogen-bond acceptors (Lipinski definition) is 2. The lowest BCUT2D eigenvalue weighted by Gasteiger charge is -2.07. The minimum absolute atomic E-state index is 0.208. The fourth-order valence-electron chi connectivity index (χ4n) is 1.24. The van der Waals surface area contributed by atoms with Crippen molar-refractivity contribution in [2.45, 2.75) is 52.2 Å². The molecule has 0 spiro atoms. The maximum absolute atomic E-state index is 11.3. The Labute approximate surface area is 98.6 Å². The summed E-state index contributed by atoms with van der Waals surface area (Å²) in [5.41, 5.74) is 0. The summed E-state index contributed by atoms with van der Waals surface area (Å²) >= 11 is 1.89. The first-order valence-electron chi connectivity index (χ1n) is 5.90. The van der Waals surface area contributed by atoms with Crippen molar-refractivity contribution in [3.05, 3.63) is 0 Å². The Bertz CT molecular complexity index is 169. The van der Waals surface area contributed by atoms with E-state index in [0.717, 1.165) is 25.1 Å². The second kappa shape index (κ2) is 9.08. The lowest BCUT2D eigenvalue weighted by molar-refractivity contribution is -0.121. The van der Waals surface area contributed by atoms with Gasteiger partial charge in [-0.3, -0.25) is 4.79 Å². The zero-order valence-electron chi connectivity index (χ0n) is 10.5. The highest BCUT2D eigenvalue weighted by atomic mass is 32.2. The van der Waals surface area contributed by atoms with Crippen LogP contribution in [0.3, 0.4) is 0 Å². The van der Waals surface area contributed by atoms with E-state index in [9.17, 15) is 4.79 Å². The summed E-state index contributed by atoms with van der Waals surface area (Å²) in [4.78, 5) is 11.3. The first-order valence-corrected chi connectivity index (χ1v) is 6.95. The van der Waals surface area contributed by atoms with Gasteiger partial charge in [0.05, 0.1) is 0 Å². The Balaban J connectivity index is 3.26. The molecule has 0 aromatic carbocycles. The highest BCUT2D eigenvalue weighted by molar-refractivity contribution is 7.99. The molecular weight excluding hydrogens is 206 g/mol. The summed E-state index contributed by atoms with van der Waals surface area (Å²) in [6.07, 6.45) is 2.85. The molecule has 0 atom stereocenters. The number of nitrogens with one attached hydrogen (secondary N) is 1. The lowest BCUT2D eigenvalue weighted by Crippen LogP contribution is -2.25. The monoisotopic (exact) mass is 231 g/mol. The molecule has 0 aromatic rings. The molecule has 0 fully saturated rings. The van der Waals surface area contributed by atoms with Crippen LogP contribution in [0.25, 0.3) is 0 Å². The van der Waals surface area contributed by atoms with Crippen molar-refractivity contribution in [1.29, 1.82) is 0 Å². The van der Waals surface area contributed by atoms with Gasteiger partial charge in [-0.05, 0) is 17.6 Å². The Hall–Kier alpha value is -0.180. The molecule has 0 unspecified atom stereocenters. The highest BCUT2D eigenvalue weighted by Gasteiger charge is 2.02. The molecule has 1 N–H and O–H groups in total. The number of carbonyl (C=O) groups excluding carboxylic acids is 1. The molecule has 0 bridgehead atoms. The van der Waals surface area contributed by atoms with Gasteiger partial charge in [0.25, 0.3) is 0 Å². The Morgan fingerprint density at radius 2 is 1.93 bits per heavy atom. The number of amides is 1. The topological polar surface area (TPSA) is 29.1 Å². The van der Waals surface area contributed by atoms with Crippen LogP contribution in [0.2, 0.25) is 0 Å². The molecule has 0 aliphatic rings. The van der Waals surface area contributed by atoms with E-state index in [1.165, 1.54) is 0 Å². The molecule has 0 saturated heterocycles. The Morgan fingerprint density at radius 1 is 1.27 bits per heavy atom. The summed E-state index contributed by atoms with van der Waals surface area (Å²) in [6.45, 7) is 9.54. The largest absolute Gasteiger partial charge is 0.355 e. The van der Waals surface area contributed by atoms with Crippen molar-refractivity contribution >= 4 is 17.7 Å².